The molecule has 0 aliphatic carbocycles. The number of carboxylic acid groups (broad SMARTS) is 1. The Morgan fingerprint density at radius 1 is 0.943 bits per heavy atom. The van der Waals surface area contributed by atoms with Crippen LogP contribution in [0.25, 0.3) is 0 Å². The number of carboxylic acids is 1. The first-order valence-electron chi connectivity index (χ1n) is 11.9. The van der Waals surface area contributed by atoms with Crippen LogP contribution in [0.4, 0.5) is 5.69 Å². The molecule has 2 heterocycles. The largest absolute Gasteiger partial charge is 0.481 e. The molecule has 2 aromatic carbocycles. The molecule has 188 valence electrons. The van der Waals surface area contributed by atoms with Gasteiger partial charge >= 0.3 is 5.97 Å². The molecule has 35 heavy (non-hydrogen) atoms. The van der Waals surface area contributed by atoms with Crippen molar-refractivity contribution in [1.29, 1.82) is 0 Å². The zero-order valence-electron chi connectivity index (χ0n) is 19.6. The molecular weight excluding hydrogens is 452 g/mol. The number of ether oxygens (including phenoxy) is 3. The average molecular weight is 485 g/mol. The molecule has 0 radical (unpaired) electrons. The average Bonchev–Trinajstić information content (AvgIpc) is 2.88. The van der Waals surface area contributed by atoms with Crippen molar-refractivity contribution in [2.45, 2.75) is 44.4 Å². The number of morpholine rings is 1. The van der Waals surface area contributed by atoms with Crippen LogP contribution in [0, 0.1) is 0 Å². The van der Waals surface area contributed by atoms with Gasteiger partial charge in [0.2, 0.25) is 5.91 Å². The van der Waals surface area contributed by atoms with Crippen LogP contribution >= 0.6 is 0 Å². The van der Waals surface area contributed by atoms with Crippen molar-refractivity contribution in [2.75, 3.05) is 38.2 Å². The first kappa shape index (κ1) is 25.3. The Morgan fingerprint density at radius 3 is 2.29 bits per heavy atom. The van der Waals surface area contributed by atoms with Crippen molar-refractivity contribution in [2.24, 2.45) is 0 Å². The number of nitrogens with one attached hydrogen (secondary N) is 1. The highest BCUT2D eigenvalue weighted by Crippen LogP contribution is 2.38. The number of carbonyl (C=O) groups is 2. The van der Waals surface area contributed by atoms with Crippen LogP contribution in [0.5, 0.6) is 0 Å². The molecule has 0 bridgehead atoms. The third-order valence-electron chi connectivity index (χ3n) is 6.21. The number of aliphatic hydroxyl groups excluding tert-OH is 1. The Balaban J connectivity index is 1.46. The molecule has 0 saturated carbocycles. The summed E-state index contributed by atoms with van der Waals surface area (Å²) in [6.45, 7) is 3.97. The number of carbonyl (C=O) groups excluding carboxylic acids is 1. The van der Waals surface area contributed by atoms with E-state index in [9.17, 15) is 14.7 Å². The molecule has 0 aromatic heterocycles. The van der Waals surface area contributed by atoms with Gasteiger partial charge in [-0.25, -0.2) is 0 Å². The van der Waals surface area contributed by atoms with Gasteiger partial charge in [-0.1, -0.05) is 36.4 Å². The van der Waals surface area contributed by atoms with Crippen LogP contribution in [-0.2, 0) is 30.4 Å². The van der Waals surface area contributed by atoms with Gasteiger partial charge in [0.05, 0.1) is 38.4 Å². The highest BCUT2D eigenvalue weighted by molar-refractivity contribution is 5.92. The Morgan fingerprint density at radius 2 is 1.63 bits per heavy atom. The SMILES string of the molecule is O=C(O)CCC(=O)Nc1ccc([C@@H]2O[C@H](CN3CCOCC3)C[C@H](c3ccc(CO)cc3)O2)cc1. The summed E-state index contributed by atoms with van der Waals surface area (Å²) in [6.07, 6.45) is -0.351. The summed E-state index contributed by atoms with van der Waals surface area (Å²) in [5.41, 5.74) is 3.30. The van der Waals surface area contributed by atoms with E-state index in [1.165, 1.54) is 0 Å². The van der Waals surface area contributed by atoms with E-state index in [0.29, 0.717) is 12.1 Å². The molecular formula is C26H32N2O7. The van der Waals surface area contributed by atoms with Gasteiger partial charge in [-0.05, 0) is 23.3 Å². The van der Waals surface area contributed by atoms with Crippen LogP contribution in [0.1, 0.15) is 48.3 Å². The summed E-state index contributed by atoms with van der Waals surface area (Å²) in [5, 5.41) is 20.8. The second kappa shape index (κ2) is 12.2. The third kappa shape index (κ3) is 7.33. The van der Waals surface area contributed by atoms with Crippen LogP contribution in [-0.4, -0.2) is 65.9 Å². The van der Waals surface area contributed by atoms with Crippen LogP contribution in [0.15, 0.2) is 48.5 Å². The molecule has 0 unspecified atom stereocenters. The van der Waals surface area contributed by atoms with Crippen molar-refractivity contribution in [1.82, 2.24) is 4.90 Å². The molecule has 3 N–H and O–H groups in total. The van der Waals surface area contributed by atoms with Gasteiger partial charge in [0.1, 0.15) is 0 Å². The quantitative estimate of drug-likeness (QED) is 0.497. The number of amides is 1. The zero-order valence-corrected chi connectivity index (χ0v) is 19.6. The summed E-state index contributed by atoms with van der Waals surface area (Å²) in [4.78, 5) is 24.9. The molecule has 9 nitrogen and oxygen atoms in total. The fraction of sp³-hybridized carbons (Fsp3) is 0.462. The summed E-state index contributed by atoms with van der Waals surface area (Å²) in [5.74, 6) is -1.35. The number of nitrogens with zero attached hydrogens (tertiary/aromatic N) is 1. The second-order valence-corrected chi connectivity index (χ2v) is 8.83. The van der Waals surface area contributed by atoms with Gasteiger partial charge < -0.3 is 29.7 Å². The van der Waals surface area contributed by atoms with E-state index in [2.05, 4.69) is 10.2 Å². The summed E-state index contributed by atoms with van der Waals surface area (Å²) >= 11 is 0. The Hall–Kier alpha value is -2.82. The zero-order chi connectivity index (χ0) is 24.6. The number of rotatable bonds is 9. The van der Waals surface area contributed by atoms with Crippen molar-refractivity contribution < 1.29 is 34.0 Å². The topological polar surface area (TPSA) is 118 Å². The number of aliphatic carboxylic acids is 1. The summed E-state index contributed by atoms with van der Waals surface area (Å²) in [7, 11) is 0. The van der Waals surface area contributed by atoms with Crippen LogP contribution < -0.4 is 5.32 Å². The van der Waals surface area contributed by atoms with Crippen LogP contribution in [0.2, 0.25) is 0 Å². The maximum absolute atomic E-state index is 11.9. The lowest BCUT2D eigenvalue weighted by Crippen LogP contribution is -2.44. The lowest BCUT2D eigenvalue weighted by molar-refractivity contribution is -0.253. The van der Waals surface area contributed by atoms with Gasteiger partial charge in [0, 0.05) is 43.7 Å². The molecule has 2 fully saturated rings. The van der Waals surface area contributed by atoms with Crippen molar-refractivity contribution in [3.8, 4) is 0 Å². The van der Waals surface area contributed by atoms with Gasteiger partial charge in [-0.15, -0.1) is 0 Å². The van der Waals surface area contributed by atoms with E-state index in [0.717, 1.165) is 49.5 Å². The minimum atomic E-state index is -1.01. The standard InChI is InChI=1S/C26H32N2O7/c29-17-18-1-3-19(4-2-18)23-15-22(16-28-11-13-33-14-12-28)34-26(35-23)20-5-7-21(8-6-20)27-24(30)9-10-25(31)32/h1-8,22-23,26,29H,9-17H2,(H,27,30)(H,31,32)/t22-,23+,26+/m0/s1. The lowest BCUT2D eigenvalue weighted by atomic mass is 9.99. The number of anilines is 1. The monoisotopic (exact) mass is 484 g/mol. The first-order chi connectivity index (χ1) is 17.0. The number of aliphatic hydroxyl groups is 1. The molecule has 2 saturated heterocycles. The van der Waals surface area contributed by atoms with Crippen molar-refractivity contribution in [3.05, 3.63) is 65.2 Å². The van der Waals surface area contributed by atoms with Gasteiger partial charge in [0.15, 0.2) is 6.29 Å². The van der Waals surface area contributed by atoms with Crippen molar-refractivity contribution >= 4 is 17.6 Å². The minimum absolute atomic E-state index is 0.00358. The summed E-state index contributed by atoms with van der Waals surface area (Å²) in [6, 6.07) is 15.0. The van der Waals surface area contributed by atoms with Gasteiger partial charge in [-0.3, -0.25) is 14.5 Å². The molecule has 0 spiro atoms. The lowest BCUT2D eigenvalue weighted by Gasteiger charge is -2.39. The first-order valence-corrected chi connectivity index (χ1v) is 11.9. The van der Waals surface area contributed by atoms with Gasteiger partial charge in [0.25, 0.3) is 0 Å². The number of benzene rings is 2. The van der Waals surface area contributed by atoms with Crippen LogP contribution in [0.3, 0.4) is 0 Å². The molecule has 1 amide bonds. The Kier molecular flexibility index (Phi) is 8.84. The van der Waals surface area contributed by atoms with E-state index < -0.39 is 12.3 Å². The molecule has 9 heteroatoms. The Labute approximate surface area is 204 Å². The molecule has 4 rings (SSSR count). The minimum Gasteiger partial charge on any atom is -0.481 e. The van der Waals surface area contributed by atoms with E-state index in [1.807, 2.05) is 36.4 Å². The predicted molar refractivity (Wildman–Crippen MR) is 128 cm³/mol. The van der Waals surface area contributed by atoms with E-state index in [4.69, 9.17) is 19.3 Å². The molecule has 2 aromatic rings. The van der Waals surface area contributed by atoms with E-state index in [-0.39, 0.29) is 37.6 Å². The molecule has 2 aliphatic heterocycles. The highest BCUT2D eigenvalue weighted by atomic mass is 16.7. The maximum Gasteiger partial charge on any atom is 0.303 e. The van der Waals surface area contributed by atoms with Crippen molar-refractivity contribution in [3.63, 3.8) is 0 Å². The van der Waals surface area contributed by atoms with E-state index >= 15 is 0 Å². The number of hydrogen-bond donors (Lipinski definition) is 3. The van der Waals surface area contributed by atoms with E-state index in [1.54, 1.807) is 12.1 Å². The second-order valence-electron chi connectivity index (χ2n) is 8.83. The molecule has 2 aliphatic rings. The fourth-order valence-corrected chi connectivity index (χ4v) is 4.27. The molecule has 3 atom stereocenters. The smallest absolute Gasteiger partial charge is 0.303 e. The Bertz CT molecular complexity index is 974. The highest BCUT2D eigenvalue weighted by Gasteiger charge is 2.33. The third-order valence-corrected chi connectivity index (χ3v) is 6.21. The summed E-state index contributed by atoms with van der Waals surface area (Å²) < 4.78 is 18.2. The fourth-order valence-electron chi connectivity index (χ4n) is 4.27. The number of hydrogen-bond acceptors (Lipinski definition) is 7. The van der Waals surface area contributed by atoms with Gasteiger partial charge in [-0.2, -0.15) is 0 Å². The predicted octanol–water partition coefficient (Wildman–Crippen LogP) is 2.86. The maximum atomic E-state index is 11.9. The normalized spacial score (nSPS) is 23.1.